The molecule has 0 fully saturated rings. The minimum absolute atomic E-state index is 0.0803. The Hall–Kier alpha value is -1.10. The van der Waals surface area contributed by atoms with Crippen LogP contribution in [0, 0.1) is 0 Å². The third-order valence-corrected chi connectivity index (χ3v) is 2.58. The maximum atomic E-state index is 9.07. The number of aliphatic hydroxyl groups is 2. The number of benzene rings is 1. The molecule has 0 bridgehead atoms. The van der Waals surface area contributed by atoms with Gasteiger partial charge in [0.05, 0.1) is 25.4 Å². The van der Waals surface area contributed by atoms with E-state index in [1.807, 2.05) is 30.3 Å². The van der Waals surface area contributed by atoms with Gasteiger partial charge in [-0.2, -0.15) is 0 Å². The molecular formula is C13H21NO3. The van der Waals surface area contributed by atoms with Gasteiger partial charge in [0.25, 0.3) is 0 Å². The Labute approximate surface area is 102 Å². The van der Waals surface area contributed by atoms with Crippen LogP contribution in [0.25, 0.3) is 0 Å². The molecule has 0 aliphatic carbocycles. The monoisotopic (exact) mass is 239 g/mol. The molecule has 4 heteroatoms. The molecule has 0 spiro atoms. The molecule has 1 aromatic rings. The lowest BCUT2D eigenvalue weighted by molar-refractivity contribution is 0.103. The molecule has 96 valence electrons. The van der Waals surface area contributed by atoms with Crippen LogP contribution in [0.2, 0.25) is 0 Å². The summed E-state index contributed by atoms with van der Waals surface area (Å²) in [5, 5.41) is 21.2. The van der Waals surface area contributed by atoms with Crippen LogP contribution in [0.4, 0.5) is 0 Å². The molecule has 0 heterocycles. The first-order valence-electron chi connectivity index (χ1n) is 5.85. The van der Waals surface area contributed by atoms with E-state index in [1.165, 1.54) is 0 Å². The van der Waals surface area contributed by atoms with Crippen molar-refractivity contribution < 1.29 is 14.9 Å². The lowest BCUT2D eigenvalue weighted by Crippen LogP contribution is -2.49. The average molecular weight is 239 g/mol. The highest BCUT2D eigenvalue weighted by atomic mass is 16.5. The third-order valence-electron chi connectivity index (χ3n) is 2.58. The van der Waals surface area contributed by atoms with Crippen LogP contribution in [0.5, 0.6) is 5.75 Å². The number of ether oxygens (including phenoxy) is 1. The first kappa shape index (κ1) is 14.0. The summed E-state index contributed by atoms with van der Waals surface area (Å²) < 4.78 is 5.52. The van der Waals surface area contributed by atoms with Crippen molar-refractivity contribution in [1.82, 2.24) is 5.32 Å². The second-order valence-electron chi connectivity index (χ2n) is 4.32. The van der Waals surface area contributed by atoms with Gasteiger partial charge in [-0.15, -0.1) is 0 Å². The Balaban J connectivity index is 2.13. The van der Waals surface area contributed by atoms with E-state index in [9.17, 15) is 0 Å². The fourth-order valence-electron chi connectivity index (χ4n) is 1.33. The second-order valence-corrected chi connectivity index (χ2v) is 4.32. The number of hydrogen-bond acceptors (Lipinski definition) is 4. The topological polar surface area (TPSA) is 61.7 Å². The lowest BCUT2D eigenvalue weighted by atomic mass is 10.1. The fourth-order valence-corrected chi connectivity index (χ4v) is 1.33. The number of nitrogens with one attached hydrogen (secondary N) is 1. The zero-order valence-electron chi connectivity index (χ0n) is 10.2. The Morgan fingerprint density at radius 1 is 1.18 bits per heavy atom. The average Bonchev–Trinajstić information content (AvgIpc) is 2.39. The summed E-state index contributed by atoms with van der Waals surface area (Å²) in [5.41, 5.74) is -0.604. The third kappa shape index (κ3) is 5.17. The quantitative estimate of drug-likeness (QED) is 0.587. The molecule has 4 nitrogen and oxygen atoms in total. The highest BCUT2D eigenvalue weighted by molar-refractivity contribution is 5.20. The zero-order chi connectivity index (χ0) is 12.6. The van der Waals surface area contributed by atoms with Gasteiger partial charge in [0, 0.05) is 0 Å². The van der Waals surface area contributed by atoms with E-state index < -0.39 is 5.54 Å². The minimum Gasteiger partial charge on any atom is -0.494 e. The fraction of sp³-hybridized carbons (Fsp3) is 0.538. The zero-order valence-corrected chi connectivity index (χ0v) is 10.2. The Bertz CT molecular complexity index is 299. The maximum Gasteiger partial charge on any atom is 0.119 e. The van der Waals surface area contributed by atoms with Crippen molar-refractivity contribution in [1.29, 1.82) is 0 Å². The SMILES string of the molecule is CC(CO)(CO)NCCCOc1ccccc1. The summed E-state index contributed by atoms with van der Waals surface area (Å²) in [4.78, 5) is 0. The normalized spacial score (nSPS) is 11.5. The van der Waals surface area contributed by atoms with Crippen molar-refractivity contribution in [3.8, 4) is 5.75 Å². The van der Waals surface area contributed by atoms with Crippen LogP contribution in [0.1, 0.15) is 13.3 Å². The number of hydrogen-bond donors (Lipinski definition) is 3. The highest BCUT2D eigenvalue weighted by Crippen LogP contribution is 2.08. The van der Waals surface area contributed by atoms with E-state index in [0.29, 0.717) is 13.2 Å². The molecule has 0 atom stereocenters. The minimum atomic E-state index is -0.604. The van der Waals surface area contributed by atoms with Crippen molar-refractivity contribution in [3.05, 3.63) is 30.3 Å². The van der Waals surface area contributed by atoms with E-state index >= 15 is 0 Å². The van der Waals surface area contributed by atoms with Gasteiger partial charge in [0.2, 0.25) is 0 Å². The molecular weight excluding hydrogens is 218 g/mol. The Morgan fingerprint density at radius 3 is 2.41 bits per heavy atom. The van der Waals surface area contributed by atoms with E-state index in [-0.39, 0.29) is 13.2 Å². The van der Waals surface area contributed by atoms with Gasteiger partial charge < -0.3 is 20.3 Å². The summed E-state index contributed by atoms with van der Waals surface area (Å²) in [6.07, 6.45) is 0.824. The second kappa shape index (κ2) is 7.27. The molecule has 17 heavy (non-hydrogen) atoms. The van der Waals surface area contributed by atoms with Crippen LogP contribution in [0.15, 0.2) is 30.3 Å². The van der Waals surface area contributed by atoms with Crippen molar-refractivity contribution in [2.24, 2.45) is 0 Å². The molecule has 0 unspecified atom stereocenters. The number of rotatable bonds is 8. The largest absolute Gasteiger partial charge is 0.494 e. The summed E-state index contributed by atoms with van der Waals surface area (Å²) >= 11 is 0. The van der Waals surface area contributed by atoms with E-state index in [1.54, 1.807) is 6.92 Å². The first-order chi connectivity index (χ1) is 8.20. The highest BCUT2D eigenvalue weighted by Gasteiger charge is 2.20. The van der Waals surface area contributed by atoms with Crippen molar-refractivity contribution in [3.63, 3.8) is 0 Å². The van der Waals surface area contributed by atoms with Crippen LogP contribution in [-0.4, -0.2) is 42.1 Å². The van der Waals surface area contributed by atoms with E-state index in [2.05, 4.69) is 5.32 Å². The first-order valence-corrected chi connectivity index (χ1v) is 5.85. The van der Waals surface area contributed by atoms with Crippen molar-refractivity contribution in [2.45, 2.75) is 18.9 Å². The Morgan fingerprint density at radius 2 is 1.82 bits per heavy atom. The predicted octanol–water partition coefficient (Wildman–Crippen LogP) is 0.788. The van der Waals surface area contributed by atoms with Gasteiger partial charge in [0.1, 0.15) is 5.75 Å². The van der Waals surface area contributed by atoms with Gasteiger partial charge in [-0.25, -0.2) is 0 Å². The van der Waals surface area contributed by atoms with Gasteiger partial charge in [-0.3, -0.25) is 0 Å². The van der Waals surface area contributed by atoms with Crippen LogP contribution in [0.3, 0.4) is 0 Å². The van der Waals surface area contributed by atoms with Crippen molar-refractivity contribution in [2.75, 3.05) is 26.4 Å². The number of para-hydroxylation sites is 1. The van der Waals surface area contributed by atoms with Crippen molar-refractivity contribution >= 4 is 0 Å². The molecule has 0 saturated carbocycles. The van der Waals surface area contributed by atoms with Gasteiger partial charge >= 0.3 is 0 Å². The molecule has 1 rings (SSSR count). The lowest BCUT2D eigenvalue weighted by Gasteiger charge is -2.26. The van der Waals surface area contributed by atoms with Crippen LogP contribution >= 0.6 is 0 Å². The molecule has 1 aromatic carbocycles. The smallest absolute Gasteiger partial charge is 0.119 e. The summed E-state index contributed by atoms with van der Waals surface area (Å²) in [7, 11) is 0. The van der Waals surface area contributed by atoms with Crippen LogP contribution < -0.4 is 10.1 Å². The molecule has 0 aromatic heterocycles. The predicted molar refractivity (Wildman–Crippen MR) is 67.1 cm³/mol. The van der Waals surface area contributed by atoms with E-state index in [0.717, 1.165) is 12.2 Å². The summed E-state index contributed by atoms with van der Waals surface area (Å²) in [5.74, 6) is 0.861. The molecule has 0 saturated heterocycles. The molecule has 0 aliphatic heterocycles. The van der Waals surface area contributed by atoms with Gasteiger partial charge in [-0.1, -0.05) is 18.2 Å². The summed E-state index contributed by atoms with van der Waals surface area (Å²) in [6.45, 7) is 2.94. The van der Waals surface area contributed by atoms with Crippen LogP contribution in [-0.2, 0) is 0 Å². The van der Waals surface area contributed by atoms with Gasteiger partial charge in [-0.05, 0) is 32.0 Å². The molecule has 3 N–H and O–H groups in total. The molecule has 0 amide bonds. The van der Waals surface area contributed by atoms with Gasteiger partial charge in [0.15, 0.2) is 0 Å². The molecule has 0 aliphatic rings. The Kier molecular flexibility index (Phi) is 5.97. The van der Waals surface area contributed by atoms with E-state index in [4.69, 9.17) is 14.9 Å². The molecule has 0 radical (unpaired) electrons. The maximum absolute atomic E-state index is 9.07. The standard InChI is InChI=1S/C13H21NO3/c1-13(10-15,11-16)14-8-5-9-17-12-6-3-2-4-7-12/h2-4,6-7,14-16H,5,8-11H2,1H3. The number of aliphatic hydroxyl groups excluding tert-OH is 2. The summed E-state index contributed by atoms with van der Waals surface area (Å²) in [6, 6.07) is 9.64.